The molecule has 0 fully saturated rings. The van der Waals surface area contributed by atoms with Crippen molar-refractivity contribution in [2.24, 2.45) is 12.8 Å². The number of alkyl halides is 3. The Balaban J connectivity index is 1.98. The van der Waals surface area contributed by atoms with Crippen LogP contribution in [0.4, 0.5) is 13.2 Å². The third-order valence-corrected chi connectivity index (χ3v) is 4.59. The molecule has 3 rings (SSSR count). The molecule has 2 aromatic heterocycles. The number of nitrogens with zero attached hydrogens (tertiary/aromatic N) is 4. The maximum absolute atomic E-state index is 13.5. The van der Waals surface area contributed by atoms with Gasteiger partial charge < -0.3 is 15.0 Å². The number of carbonyl (C=O) groups excluding carboxylic acids is 1. The zero-order valence-corrected chi connectivity index (χ0v) is 16.8. The number of hydrogen-bond donors (Lipinski definition) is 1. The van der Waals surface area contributed by atoms with E-state index >= 15 is 0 Å². The quantitative estimate of drug-likeness (QED) is 0.611. The van der Waals surface area contributed by atoms with Crippen LogP contribution in [-0.4, -0.2) is 25.7 Å². The van der Waals surface area contributed by atoms with E-state index in [1.165, 1.54) is 17.7 Å². The second kappa shape index (κ2) is 7.82. The van der Waals surface area contributed by atoms with Crippen molar-refractivity contribution in [3.63, 3.8) is 0 Å². The predicted molar refractivity (Wildman–Crippen MR) is 101 cm³/mol. The van der Waals surface area contributed by atoms with Crippen molar-refractivity contribution in [3.05, 3.63) is 58.0 Å². The van der Waals surface area contributed by atoms with E-state index in [1.54, 1.807) is 25.3 Å². The van der Waals surface area contributed by atoms with Crippen molar-refractivity contribution in [1.29, 1.82) is 0 Å². The molecular weight excluding hydrogens is 455 g/mol. The first-order chi connectivity index (χ1) is 13.6. The molecule has 0 aliphatic carbocycles. The van der Waals surface area contributed by atoms with Crippen LogP contribution >= 0.6 is 15.9 Å². The van der Waals surface area contributed by atoms with Crippen molar-refractivity contribution >= 4 is 21.8 Å². The van der Waals surface area contributed by atoms with Gasteiger partial charge in [0.1, 0.15) is 0 Å². The van der Waals surface area contributed by atoms with Gasteiger partial charge in [-0.3, -0.25) is 4.79 Å². The van der Waals surface area contributed by atoms with E-state index in [9.17, 15) is 18.0 Å². The molecule has 3 aromatic rings. The normalized spacial score (nSPS) is 12.6. The van der Waals surface area contributed by atoms with E-state index in [1.807, 2.05) is 0 Å². The van der Waals surface area contributed by atoms with E-state index in [0.717, 1.165) is 10.5 Å². The van der Waals surface area contributed by atoms with E-state index in [0.29, 0.717) is 17.8 Å². The maximum atomic E-state index is 13.5. The molecule has 0 spiro atoms. The Morgan fingerprint density at radius 3 is 2.55 bits per heavy atom. The lowest BCUT2D eigenvalue weighted by atomic mass is 10.0. The van der Waals surface area contributed by atoms with Crippen molar-refractivity contribution in [1.82, 2.24) is 19.7 Å². The number of aromatic nitrogens is 4. The molecule has 0 aliphatic rings. The Morgan fingerprint density at radius 2 is 1.97 bits per heavy atom. The van der Waals surface area contributed by atoms with Crippen LogP contribution in [0.15, 0.2) is 41.0 Å². The van der Waals surface area contributed by atoms with Gasteiger partial charge in [0.15, 0.2) is 17.8 Å². The Kier molecular flexibility index (Phi) is 5.60. The summed E-state index contributed by atoms with van der Waals surface area (Å²) in [5.41, 5.74) is 3.60. The fourth-order valence-corrected chi connectivity index (χ4v) is 2.96. The summed E-state index contributed by atoms with van der Waals surface area (Å²) in [5, 5.41) is 7.88. The van der Waals surface area contributed by atoms with Gasteiger partial charge in [-0.15, -0.1) is 10.2 Å². The number of ether oxygens (including phenoxy) is 1. The highest BCUT2D eigenvalue weighted by Crippen LogP contribution is 2.37. The lowest BCUT2D eigenvalue weighted by Gasteiger charge is -2.15. The predicted octanol–water partition coefficient (Wildman–Crippen LogP) is 3.90. The van der Waals surface area contributed by atoms with Crippen molar-refractivity contribution in [2.75, 3.05) is 0 Å². The Labute approximate surface area is 171 Å². The van der Waals surface area contributed by atoms with Crippen molar-refractivity contribution < 1.29 is 22.7 Å². The Bertz CT molecular complexity index is 1050. The summed E-state index contributed by atoms with van der Waals surface area (Å²) in [5.74, 6) is -0.351. The van der Waals surface area contributed by atoms with Gasteiger partial charge in [0.25, 0.3) is 0 Å². The van der Waals surface area contributed by atoms with Crippen LogP contribution in [0.1, 0.15) is 34.8 Å². The minimum Gasteiger partial charge on any atom is -0.466 e. The highest BCUT2D eigenvalue weighted by atomic mass is 79.9. The molecule has 0 saturated heterocycles. The summed E-state index contributed by atoms with van der Waals surface area (Å²) in [7, 11) is 1.53. The van der Waals surface area contributed by atoms with Crippen LogP contribution in [-0.2, 0) is 13.2 Å². The summed E-state index contributed by atoms with van der Waals surface area (Å²) in [6, 6.07) is 6.46. The molecule has 2 N–H and O–H groups in total. The van der Waals surface area contributed by atoms with Crippen LogP contribution in [0.3, 0.4) is 0 Å². The standard InChI is InChI=1S/C18H15BrF3N5O2/c1-9(29-14-6-4-11(19)8-24-14)16-25-26-17(27(16)2)12-5-3-10(15(23)28)7-13(12)18(20,21)22/h3-9H,1-2H3,(H2,23,28)/t9-/m0/s1. The summed E-state index contributed by atoms with van der Waals surface area (Å²) in [6.07, 6.45) is -3.79. The topological polar surface area (TPSA) is 95.9 Å². The van der Waals surface area contributed by atoms with Gasteiger partial charge >= 0.3 is 6.18 Å². The number of pyridine rings is 1. The zero-order chi connectivity index (χ0) is 21.3. The van der Waals surface area contributed by atoms with Gasteiger partial charge in [0, 0.05) is 34.9 Å². The number of primary amides is 1. The fourth-order valence-electron chi connectivity index (χ4n) is 2.72. The lowest BCUT2D eigenvalue weighted by Crippen LogP contribution is -2.15. The first-order valence-corrected chi connectivity index (χ1v) is 9.06. The summed E-state index contributed by atoms with van der Waals surface area (Å²) in [6.45, 7) is 1.68. The third-order valence-electron chi connectivity index (χ3n) is 4.12. The molecule has 152 valence electrons. The number of nitrogens with two attached hydrogens (primary N) is 1. The number of hydrogen-bond acceptors (Lipinski definition) is 5. The molecule has 0 radical (unpaired) electrons. The van der Waals surface area contributed by atoms with Gasteiger partial charge in [0.05, 0.1) is 5.56 Å². The number of rotatable bonds is 5. The average Bonchev–Trinajstić information content (AvgIpc) is 3.03. The van der Waals surface area contributed by atoms with Crippen LogP contribution < -0.4 is 10.5 Å². The minimum atomic E-state index is -4.71. The van der Waals surface area contributed by atoms with Gasteiger partial charge in [-0.05, 0) is 47.1 Å². The molecule has 1 atom stereocenters. The molecule has 11 heteroatoms. The largest absolute Gasteiger partial charge is 0.466 e. The first kappa shape index (κ1) is 20.8. The highest BCUT2D eigenvalue weighted by Gasteiger charge is 2.36. The summed E-state index contributed by atoms with van der Waals surface area (Å²) in [4.78, 5) is 15.4. The van der Waals surface area contributed by atoms with E-state index in [-0.39, 0.29) is 17.0 Å². The molecule has 0 saturated carbocycles. The second-order valence-electron chi connectivity index (χ2n) is 6.14. The minimum absolute atomic E-state index is 0.0254. The molecule has 29 heavy (non-hydrogen) atoms. The molecule has 0 bridgehead atoms. The van der Waals surface area contributed by atoms with Crippen LogP contribution in [0.5, 0.6) is 5.88 Å². The van der Waals surface area contributed by atoms with Gasteiger partial charge in [-0.2, -0.15) is 13.2 Å². The molecule has 7 nitrogen and oxygen atoms in total. The molecule has 0 aliphatic heterocycles. The summed E-state index contributed by atoms with van der Waals surface area (Å²) >= 11 is 3.27. The molecule has 1 aromatic carbocycles. The van der Waals surface area contributed by atoms with Gasteiger partial charge in [0.2, 0.25) is 11.8 Å². The monoisotopic (exact) mass is 469 g/mol. The van der Waals surface area contributed by atoms with E-state index < -0.39 is 23.8 Å². The average molecular weight is 470 g/mol. The summed E-state index contributed by atoms with van der Waals surface area (Å²) < 4.78 is 48.5. The van der Waals surface area contributed by atoms with Gasteiger partial charge in [-0.25, -0.2) is 4.98 Å². The molecule has 1 amide bonds. The second-order valence-corrected chi connectivity index (χ2v) is 7.05. The Morgan fingerprint density at radius 1 is 1.24 bits per heavy atom. The molecule has 2 heterocycles. The SMILES string of the molecule is C[C@H](Oc1ccc(Br)cn1)c1nnc(-c2ccc(C(N)=O)cc2C(F)(F)F)n1C. The smallest absolute Gasteiger partial charge is 0.417 e. The van der Waals surface area contributed by atoms with Crippen LogP contribution in [0.2, 0.25) is 0 Å². The van der Waals surface area contributed by atoms with Crippen molar-refractivity contribution in [2.45, 2.75) is 19.2 Å². The molecule has 0 unspecified atom stereocenters. The van der Waals surface area contributed by atoms with E-state index in [2.05, 4.69) is 31.1 Å². The Hall–Kier alpha value is -2.95. The number of amides is 1. The number of benzene rings is 1. The molecular formula is C18H15BrF3N5O2. The third kappa shape index (κ3) is 4.39. The van der Waals surface area contributed by atoms with Crippen LogP contribution in [0.25, 0.3) is 11.4 Å². The number of carbonyl (C=O) groups is 1. The first-order valence-electron chi connectivity index (χ1n) is 8.27. The van der Waals surface area contributed by atoms with Crippen LogP contribution in [0, 0.1) is 0 Å². The van der Waals surface area contributed by atoms with Crippen molar-refractivity contribution in [3.8, 4) is 17.3 Å². The van der Waals surface area contributed by atoms with E-state index in [4.69, 9.17) is 10.5 Å². The number of halogens is 4. The zero-order valence-electron chi connectivity index (χ0n) is 15.2. The lowest BCUT2D eigenvalue weighted by molar-refractivity contribution is -0.137. The maximum Gasteiger partial charge on any atom is 0.417 e. The fraction of sp³-hybridized carbons (Fsp3) is 0.222. The van der Waals surface area contributed by atoms with Gasteiger partial charge in [-0.1, -0.05) is 0 Å². The highest BCUT2D eigenvalue weighted by molar-refractivity contribution is 9.10.